The van der Waals surface area contributed by atoms with E-state index < -0.39 is 10.0 Å². The fourth-order valence-corrected chi connectivity index (χ4v) is 3.55. The number of nitriles is 1. The average molecular weight is 353 g/mol. The summed E-state index contributed by atoms with van der Waals surface area (Å²) in [6, 6.07) is 14.9. The normalized spacial score (nSPS) is 11.1. The van der Waals surface area contributed by atoms with E-state index in [0.29, 0.717) is 22.8 Å². The van der Waals surface area contributed by atoms with Crippen LogP contribution in [0.3, 0.4) is 0 Å². The van der Waals surface area contributed by atoms with E-state index in [1.807, 2.05) is 6.07 Å². The van der Waals surface area contributed by atoms with Crippen LogP contribution in [-0.4, -0.2) is 20.4 Å². The van der Waals surface area contributed by atoms with E-state index in [2.05, 4.69) is 4.98 Å². The smallest absolute Gasteiger partial charge is 0.264 e. The molecule has 1 aromatic heterocycles. The number of sulfonamides is 1. The summed E-state index contributed by atoms with van der Waals surface area (Å²) >= 11 is 0. The zero-order valence-corrected chi connectivity index (χ0v) is 14.5. The molecule has 0 amide bonds. The number of rotatable bonds is 4. The van der Waals surface area contributed by atoms with E-state index in [1.165, 1.54) is 31.5 Å². The van der Waals surface area contributed by atoms with Crippen molar-refractivity contribution in [1.29, 1.82) is 5.26 Å². The van der Waals surface area contributed by atoms with Crippen LogP contribution in [0.25, 0.3) is 11.3 Å². The number of aryl methyl sites for hydroxylation is 1. The van der Waals surface area contributed by atoms with Gasteiger partial charge in [-0.3, -0.25) is 4.31 Å². The minimum Gasteiger partial charge on any atom is -0.449 e. The van der Waals surface area contributed by atoms with E-state index >= 15 is 0 Å². The molecule has 6 nitrogen and oxygen atoms in total. The number of benzene rings is 2. The molecule has 1 heterocycles. The lowest BCUT2D eigenvalue weighted by molar-refractivity contribution is 0.521. The Bertz CT molecular complexity index is 1050. The Morgan fingerprint density at radius 2 is 1.88 bits per heavy atom. The van der Waals surface area contributed by atoms with E-state index in [1.54, 1.807) is 37.3 Å². The van der Waals surface area contributed by atoms with Crippen molar-refractivity contribution in [2.24, 2.45) is 0 Å². The van der Waals surface area contributed by atoms with Crippen molar-refractivity contribution in [3.05, 3.63) is 66.2 Å². The van der Waals surface area contributed by atoms with Gasteiger partial charge in [0.05, 0.1) is 22.2 Å². The molecule has 0 bridgehead atoms. The molecule has 0 saturated carbocycles. The highest BCUT2D eigenvalue weighted by Gasteiger charge is 2.21. The van der Waals surface area contributed by atoms with Crippen molar-refractivity contribution in [3.8, 4) is 17.3 Å². The van der Waals surface area contributed by atoms with Gasteiger partial charge in [-0.15, -0.1) is 0 Å². The molecule has 2 aromatic carbocycles. The summed E-state index contributed by atoms with van der Waals surface area (Å²) in [4.78, 5) is 4.37. The molecule has 0 fully saturated rings. The molecule has 0 spiro atoms. The molecule has 0 atom stereocenters. The van der Waals surface area contributed by atoms with Crippen LogP contribution in [0, 0.1) is 18.3 Å². The second-order valence-corrected chi connectivity index (χ2v) is 7.38. The number of nitrogens with zero attached hydrogens (tertiary/aromatic N) is 3. The maximum Gasteiger partial charge on any atom is 0.264 e. The van der Waals surface area contributed by atoms with Gasteiger partial charge in [-0.1, -0.05) is 18.2 Å². The molecule has 7 heteroatoms. The molecule has 25 heavy (non-hydrogen) atoms. The number of anilines is 1. The summed E-state index contributed by atoms with van der Waals surface area (Å²) in [6.45, 7) is 1.74. The third-order valence-electron chi connectivity index (χ3n) is 3.77. The Morgan fingerprint density at radius 1 is 1.16 bits per heavy atom. The first-order valence-corrected chi connectivity index (χ1v) is 8.87. The van der Waals surface area contributed by atoms with Gasteiger partial charge in [0.15, 0.2) is 5.89 Å². The number of oxazole rings is 1. The molecule has 3 aromatic rings. The third-order valence-corrected chi connectivity index (χ3v) is 5.57. The number of hydrogen-bond donors (Lipinski definition) is 0. The Kier molecular flexibility index (Phi) is 4.30. The zero-order valence-electron chi connectivity index (χ0n) is 13.7. The maximum atomic E-state index is 12.8. The van der Waals surface area contributed by atoms with Gasteiger partial charge in [0.25, 0.3) is 10.0 Å². The van der Waals surface area contributed by atoms with Gasteiger partial charge in [-0.2, -0.15) is 5.26 Å². The fourth-order valence-electron chi connectivity index (χ4n) is 2.36. The molecule has 0 aliphatic rings. The Balaban J connectivity index is 1.92. The predicted octanol–water partition coefficient (Wildman–Crippen LogP) is 3.35. The first kappa shape index (κ1) is 16.7. The minimum absolute atomic E-state index is 0.154. The van der Waals surface area contributed by atoms with Gasteiger partial charge in [-0.05, 0) is 30.3 Å². The lowest BCUT2D eigenvalue weighted by atomic mass is 10.2. The van der Waals surface area contributed by atoms with Gasteiger partial charge >= 0.3 is 0 Å². The van der Waals surface area contributed by atoms with E-state index in [4.69, 9.17) is 9.68 Å². The zero-order chi connectivity index (χ0) is 18.0. The first-order chi connectivity index (χ1) is 11.9. The van der Waals surface area contributed by atoms with Gasteiger partial charge in [-0.25, -0.2) is 13.4 Å². The molecule has 0 saturated heterocycles. The van der Waals surface area contributed by atoms with Crippen molar-refractivity contribution < 1.29 is 12.8 Å². The largest absolute Gasteiger partial charge is 0.449 e. The minimum atomic E-state index is -3.73. The van der Waals surface area contributed by atoms with Crippen LogP contribution >= 0.6 is 0 Å². The summed E-state index contributed by atoms with van der Waals surface area (Å²) in [5, 5.41) is 8.97. The average Bonchev–Trinajstić information content (AvgIpc) is 3.07. The van der Waals surface area contributed by atoms with Crippen LogP contribution in [0.5, 0.6) is 0 Å². The lowest BCUT2D eigenvalue weighted by Gasteiger charge is -2.19. The van der Waals surface area contributed by atoms with E-state index in [0.717, 1.165) is 9.87 Å². The third kappa shape index (κ3) is 3.25. The van der Waals surface area contributed by atoms with Gasteiger partial charge < -0.3 is 4.42 Å². The van der Waals surface area contributed by atoms with Crippen molar-refractivity contribution in [2.45, 2.75) is 11.8 Å². The number of hydrogen-bond acceptors (Lipinski definition) is 5. The van der Waals surface area contributed by atoms with Crippen molar-refractivity contribution >= 4 is 15.7 Å². The van der Waals surface area contributed by atoms with Crippen molar-refractivity contribution in [2.75, 3.05) is 11.4 Å². The Labute approximate surface area is 146 Å². The molecular formula is C18H15N3O3S. The molecule has 3 rings (SSSR count). The fraction of sp³-hybridized carbons (Fsp3) is 0.111. The second kappa shape index (κ2) is 6.42. The predicted molar refractivity (Wildman–Crippen MR) is 93.4 cm³/mol. The van der Waals surface area contributed by atoms with Crippen LogP contribution in [0.4, 0.5) is 5.69 Å². The van der Waals surface area contributed by atoms with Gasteiger partial charge in [0, 0.05) is 19.5 Å². The van der Waals surface area contributed by atoms with Crippen LogP contribution in [0.15, 0.2) is 64.1 Å². The highest BCUT2D eigenvalue weighted by Crippen LogP contribution is 2.25. The highest BCUT2D eigenvalue weighted by molar-refractivity contribution is 7.92. The van der Waals surface area contributed by atoms with Crippen molar-refractivity contribution in [1.82, 2.24) is 4.98 Å². The van der Waals surface area contributed by atoms with Crippen LogP contribution in [0.2, 0.25) is 0 Å². The molecular weight excluding hydrogens is 338 g/mol. The summed E-state index contributed by atoms with van der Waals surface area (Å²) in [6.07, 6.45) is 1.53. The summed E-state index contributed by atoms with van der Waals surface area (Å²) in [7, 11) is -2.27. The number of aromatic nitrogens is 1. The summed E-state index contributed by atoms with van der Waals surface area (Å²) in [5.74, 6) is 0.545. The first-order valence-electron chi connectivity index (χ1n) is 7.43. The Hall–Kier alpha value is -3.11. The monoisotopic (exact) mass is 353 g/mol. The van der Waals surface area contributed by atoms with Gasteiger partial charge in [0.2, 0.25) is 0 Å². The van der Waals surface area contributed by atoms with Crippen LogP contribution in [-0.2, 0) is 10.0 Å². The highest BCUT2D eigenvalue weighted by atomic mass is 32.2. The van der Waals surface area contributed by atoms with Crippen molar-refractivity contribution in [3.63, 3.8) is 0 Å². The molecule has 0 aliphatic carbocycles. The SMILES string of the molecule is Cc1nc(-c2ccc(S(=O)(=O)N(C)c3cccc(C#N)c3)cc2)co1. The molecule has 0 aliphatic heterocycles. The molecule has 0 N–H and O–H groups in total. The molecule has 0 radical (unpaired) electrons. The van der Waals surface area contributed by atoms with Gasteiger partial charge in [0.1, 0.15) is 12.0 Å². The standard InChI is InChI=1S/C18H15N3O3S/c1-13-20-18(12-24-13)15-6-8-17(9-7-15)25(22,23)21(2)16-5-3-4-14(10-16)11-19/h3-10,12H,1-2H3. The second-order valence-electron chi connectivity index (χ2n) is 5.41. The van der Waals surface area contributed by atoms with E-state index in [-0.39, 0.29) is 4.90 Å². The Morgan fingerprint density at radius 3 is 2.48 bits per heavy atom. The quantitative estimate of drug-likeness (QED) is 0.718. The lowest BCUT2D eigenvalue weighted by Crippen LogP contribution is -2.26. The summed E-state index contributed by atoms with van der Waals surface area (Å²) < 4.78 is 31.9. The van der Waals surface area contributed by atoms with Crippen LogP contribution < -0.4 is 4.31 Å². The topological polar surface area (TPSA) is 87.2 Å². The van der Waals surface area contributed by atoms with Crippen LogP contribution in [0.1, 0.15) is 11.5 Å². The van der Waals surface area contributed by atoms with E-state index in [9.17, 15) is 8.42 Å². The molecule has 0 unspecified atom stereocenters. The summed E-state index contributed by atoms with van der Waals surface area (Å²) in [5.41, 5.74) is 2.24. The molecule has 126 valence electrons. The maximum absolute atomic E-state index is 12.8.